The first-order valence-electron chi connectivity index (χ1n) is 11.0. The van der Waals surface area contributed by atoms with Crippen LogP contribution in [0.1, 0.15) is 35.6 Å². The number of rotatable bonds is 6. The van der Waals surface area contributed by atoms with E-state index in [1.54, 1.807) is 12.1 Å². The second kappa shape index (κ2) is 10.2. The van der Waals surface area contributed by atoms with E-state index in [0.717, 1.165) is 42.9 Å². The van der Waals surface area contributed by atoms with Crippen molar-refractivity contribution in [2.45, 2.75) is 55.9 Å². The highest BCUT2D eigenvalue weighted by Gasteiger charge is 2.44. The molecule has 0 bridgehead atoms. The minimum absolute atomic E-state index is 0.181. The van der Waals surface area contributed by atoms with E-state index in [2.05, 4.69) is 0 Å². The number of aliphatic hydroxyl groups excluding tert-OH is 4. The number of nitrogens with two attached hydrogens (primary N) is 1. The highest BCUT2D eigenvalue weighted by molar-refractivity contribution is 5.51. The van der Waals surface area contributed by atoms with Crippen LogP contribution in [0.4, 0.5) is 5.69 Å². The average Bonchev–Trinajstić information content (AvgIpc) is 2.81. The van der Waals surface area contributed by atoms with Crippen LogP contribution in [0, 0.1) is 0 Å². The number of hydrogen-bond donors (Lipinski definition) is 5. The van der Waals surface area contributed by atoms with E-state index in [0.29, 0.717) is 17.7 Å². The lowest BCUT2D eigenvalue weighted by molar-refractivity contribution is -0.231. The molecule has 2 aromatic carbocycles. The van der Waals surface area contributed by atoms with Gasteiger partial charge in [0, 0.05) is 18.5 Å². The molecule has 8 heteroatoms. The van der Waals surface area contributed by atoms with Crippen LogP contribution in [0.3, 0.4) is 0 Å². The van der Waals surface area contributed by atoms with Crippen molar-refractivity contribution in [2.24, 2.45) is 0 Å². The predicted molar refractivity (Wildman–Crippen MR) is 117 cm³/mol. The molecule has 0 aliphatic carbocycles. The summed E-state index contributed by atoms with van der Waals surface area (Å²) >= 11 is 0. The van der Waals surface area contributed by atoms with Crippen molar-refractivity contribution >= 4 is 5.69 Å². The molecule has 6 N–H and O–H groups in total. The molecule has 2 saturated heterocycles. The molecule has 0 radical (unpaired) electrons. The van der Waals surface area contributed by atoms with E-state index in [4.69, 9.17) is 19.9 Å². The van der Waals surface area contributed by atoms with E-state index in [-0.39, 0.29) is 6.10 Å². The van der Waals surface area contributed by atoms with Crippen molar-refractivity contribution in [3.8, 4) is 5.75 Å². The summed E-state index contributed by atoms with van der Waals surface area (Å²) in [6.07, 6.45) is -3.45. The Morgan fingerprint density at radius 1 is 0.938 bits per heavy atom. The molecule has 2 fully saturated rings. The van der Waals surface area contributed by atoms with Gasteiger partial charge >= 0.3 is 0 Å². The van der Waals surface area contributed by atoms with Crippen molar-refractivity contribution in [3.63, 3.8) is 0 Å². The van der Waals surface area contributed by atoms with Gasteiger partial charge in [0.05, 0.1) is 19.8 Å². The summed E-state index contributed by atoms with van der Waals surface area (Å²) in [7, 11) is 0. The molecule has 0 amide bonds. The normalized spacial score (nSPS) is 29.1. The minimum atomic E-state index is -1.42. The molecular formula is C24H31NO7. The average molecular weight is 446 g/mol. The van der Waals surface area contributed by atoms with Gasteiger partial charge in [0.2, 0.25) is 0 Å². The zero-order valence-corrected chi connectivity index (χ0v) is 17.8. The highest BCUT2D eigenvalue weighted by Crippen LogP contribution is 2.34. The summed E-state index contributed by atoms with van der Waals surface area (Å²) in [4.78, 5) is 0. The quantitative estimate of drug-likeness (QED) is 0.415. The molecule has 8 nitrogen and oxygen atoms in total. The summed E-state index contributed by atoms with van der Waals surface area (Å²) in [6.45, 7) is 0.991. The van der Waals surface area contributed by atoms with Crippen LogP contribution in [0.25, 0.3) is 0 Å². The van der Waals surface area contributed by atoms with Crippen LogP contribution in [-0.2, 0) is 15.9 Å². The van der Waals surface area contributed by atoms with Crippen molar-refractivity contribution in [3.05, 3.63) is 59.2 Å². The van der Waals surface area contributed by atoms with Gasteiger partial charge in [0.1, 0.15) is 42.4 Å². The number of nitrogen functional groups attached to an aromatic ring is 1. The molecule has 2 aliphatic rings. The van der Waals surface area contributed by atoms with Crippen molar-refractivity contribution < 1.29 is 34.6 Å². The van der Waals surface area contributed by atoms with Gasteiger partial charge in [-0.25, -0.2) is 0 Å². The minimum Gasteiger partial charge on any atom is -0.490 e. The van der Waals surface area contributed by atoms with E-state index >= 15 is 0 Å². The van der Waals surface area contributed by atoms with E-state index in [1.807, 2.05) is 30.3 Å². The number of ether oxygens (including phenoxy) is 3. The molecule has 174 valence electrons. The molecule has 2 heterocycles. The molecule has 1 unspecified atom stereocenters. The number of hydrogen-bond acceptors (Lipinski definition) is 8. The Morgan fingerprint density at radius 2 is 1.66 bits per heavy atom. The molecule has 5 atom stereocenters. The lowest BCUT2D eigenvalue weighted by Gasteiger charge is -2.40. The Bertz CT molecular complexity index is 882. The van der Waals surface area contributed by atoms with Gasteiger partial charge in [-0.2, -0.15) is 0 Å². The Kier molecular flexibility index (Phi) is 7.30. The third-order valence-corrected chi connectivity index (χ3v) is 6.18. The van der Waals surface area contributed by atoms with Crippen LogP contribution in [0.5, 0.6) is 5.75 Å². The molecule has 0 saturated carbocycles. The summed E-state index contributed by atoms with van der Waals surface area (Å²) in [5, 5.41) is 40.0. The van der Waals surface area contributed by atoms with Gasteiger partial charge in [0.25, 0.3) is 0 Å². The highest BCUT2D eigenvalue weighted by atomic mass is 16.5. The van der Waals surface area contributed by atoms with Gasteiger partial charge < -0.3 is 40.4 Å². The fourth-order valence-corrected chi connectivity index (χ4v) is 4.22. The van der Waals surface area contributed by atoms with E-state index in [1.165, 1.54) is 0 Å². The van der Waals surface area contributed by atoms with Crippen molar-refractivity contribution in [1.82, 2.24) is 0 Å². The van der Waals surface area contributed by atoms with Gasteiger partial charge in [0.15, 0.2) is 0 Å². The van der Waals surface area contributed by atoms with Gasteiger partial charge in [-0.15, -0.1) is 0 Å². The first kappa shape index (κ1) is 23.0. The molecule has 0 aromatic heterocycles. The monoisotopic (exact) mass is 445 g/mol. The number of anilines is 1. The number of aliphatic hydroxyl groups is 4. The Morgan fingerprint density at radius 3 is 2.34 bits per heavy atom. The van der Waals surface area contributed by atoms with Gasteiger partial charge in [-0.3, -0.25) is 0 Å². The second-order valence-electron chi connectivity index (χ2n) is 8.46. The summed E-state index contributed by atoms with van der Waals surface area (Å²) in [5.41, 5.74) is 9.29. The number of benzene rings is 2. The lowest BCUT2D eigenvalue weighted by atomic mass is 9.89. The summed E-state index contributed by atoms with van der Waals surface area (Å²) in [5.74, 6) is 0.823. The largest absolute Gasteiger partial charge is 0.490 e. The van der Waals surface area contributed by atoms with Crippen LogP contribution in [0.15, 0.2) is 42.5 Å². The van der Waals surface area contributed by atoms with Gasteiger partial charge in [-0.1, -0.05) is 24.3 Å². The second-order valence-corrected chi connectivity index (χ2v) is 8.46. The lowest BCUT2D eigenvalue weighted by Crippen LogP contribution is -2.55. The Labute approximate surface area is 187 Å². The van der Waals surface area contributed by atoms with Crippen LogP contribution in [-0.4, -0.2) is 70.8 Å². The zero-order chi connectivity index (χ0) is 22.7. The Balaban J connectivity index is 1.47. The van der Waals surface area contributed by atoms with E-state index in [9.17, 15) is 20.4 Å². The molecular weight excluding hydrogens is 414 g/mol. The third kappa shape index (κ3) is 5.06. The molecule has 2 aliphatic heterocycles. The third-order valence-electron chi connectivity index (χ3n) is 6.18. The fraction of sp³-hybridized carbons (Fsp3) is 0.500. The molecule has 2 aromatic rings. The van der Waals surface area contributed by atoms with Crippen LogP contribution < -0.4 is 10.5 Å². The van der Waals surface area contributed by atoms with E-state index < -0.39 is 37.1 Å². The molecule has 4 rings (SSSR count). The van der Waals surface area contributed by atoms with Crippen LogP contribution >= 0.6 is 0 Å². The standard InChI is InChI=1S/C24H31NO7/c25-19-6-3-15(24-23(29)22(28)21(27)20(13-26)32-24)12-16(19)11-14-1-4-17(5-2-14)31-18-7-9-30-10-8-18/h1-6,12,18,20-24,26-29H,7-11,13,25H2/t20-,21-,22?,23-,24+/m1/s1. The maximum Gasteiger partial charge on any atom is 0.119 e. The van der Waals surface area contributed by atoms with Crippen LogP contribution in [0.2, 0.25) is 0 Å². The molecule has 0 spiro atoms. The molecule has 32 heavy (non-hydrogen) atoms. The predicted octanol–water partition coefficient (Wildman–Crippen LogP) is 0.932. The van der Waals surface area contributed by atoms with Crippen molar-refractivity contribution in [2.75, 3.05) is 25.6 Å². The maximum absolute atomic E-state index is 10.4. The Hall–Kier alpha value is -2.20. The zero-order valence-electron chi connectivity index (χ0n) is 17.8. The summed E-state index contributed by atoms with van der Waals surface area (Å²) in [6, 6.07) is 13.2. The maximum atomic E-state index is 10.4. The SMILES string of the molecule is Nc1ccc([C@@H]2O[C@H](CO)[C@@H](O)C(O)[C@H]2O)cc1Cc1ccc(OC2CCOCC2)cc1. The smallest absolute Gasteiger partial charge is 0.119 e. The van der Waals surface area contributed by atoms with Crippen molar-refractivity contribution in [1.29, 1.82) is 0 Å². The fourth-order valence-electron chi connectivity index (χ4n) is 4.22. The van der Waals surface area contributed by atoms with Gasteiger partial charge in [-0.05, 0) is 41.3 Å². The first-order valence-corrected chi connectivity index (χ1v) is 11.0. The first-order chi connectivity index (χ1) is 15.5. The summed E-state index contributed by atoms with van der Waals surface area (Å²) < 4.78 is 17.1. The topological polar surface area (TPSA) is 135 Å².